The van der Waals surface area contributed by atoms with E-state index in [9.17, 15) is 8.42 Å². The van der Waals surface area contributed by atoms with Crippen LogP contribution >= 0.6 is 11.3 Å². The summed E-state index contributed by atoms with van der Waals surface area (Å²) in [5, 5.41) is 8.75. The summed E-state index contributed by atoms with van der Waals surface area (Å²) in [5.74, 6) is -0.531. The Balaban J connectivity index is 2.17. The predicted octanol–water partition coefficient (Wildman–Crippen LogP) is 1.29. The predicted molar refractivity (Wildman–Crippen MR) is 61.8 cm³/mol. The number of anilines is 1. The maximum atomic E-state index is 11.3. The number of nitrogens with one attached hydrogen (secondary N) is 1. The molecule has 0 saturated heterocycles. The molecule has 0 aliphatic heterocycles. The van der Waals surface area contributed by atoms with Gasteiger partial charge in [-0.2, -0.15) is 5.26 Å². The lowest BCUT2D eigenvalue weighted by Crippen LogP contribution is -2.15. The van der Waals surface area contributed by atoms with E-state index in [1.54, 1.807) is 6.07 Å². The van der Waals surface area contributed by atoms with Crippen LogP contribution in [0.25, 0.3) is 0 Å². The number of fused-ring (bicyclic) bond motifs is 1. The van der Waals surface area contributed by atoms with Crippen LogP contribution in [0.5, 0.6) is 0 Å². The second-order valence-corrected chi connectivity index (χ2v) is 6.42. The lowest BCUT2D eigenvalue weighted by molar-refractivity contribution is 0.604. The lowest BCUT2D eigenvalue weighted by Gasteiger charge is -2.06. The molecule has 0 bridgehead atoms. The highest BCUT2D eigenvalue weighted by Crippen LogP contribution is 2.29. The van der Waals surface area contributed by atoms with Crippen LogP contribution in [0.15, 0.2) is 0 Å². The number of hydrogen-bond acceptors (Lipinski definition) is 5. The van der Waals surface area contributed by atoms with Crippen molar-refractivity contribution in [1.29, 1.82) is 5.26 Å². The van der Waals surface area contributed by atoms with Crippen LogP contribution < -0.4 is 4.72 Å². The zero-order valence-electron chi connectivity index (χ0n) is 8.56. The number of hydrogen-bond donors (Lipinski definition) is 1. The Bertz CT molecular complexity index is 504. The van der Waals surface area contributed by atoms with Crippen LogP contribution in [0.3, 0.4) is 0 Å². The second-order valence-electron chi connectivity index (χ2n) is 3.62. The molecule has 1 N–H and O–H groups in total. The highest BCUT2D eigenvalue weighted by Gasteiger charge is 2.18. The average Bonchev–Trinajstić information content (AvgIpc) is 2.58. The van der Waals surface area contributed by atoms with E-state index < -0.39 is 15.8 Å². The Morgan fingerprint density at radius 2 is 2.19 bits per heavy atom. The zero-order valence-corrected chi connectivity index (χ0v) is 10.2. The largest absolute Gasteiger partial charge is 0.258 e. The normalized spacial score (nSPS) is 15.2. The molecule has 86 valence electrons. The van der Waals surface area contributed by atoms with Crippen molar-refractivity contribution in [3.63, 3.8) is 0 Å². The molecule has 2 rings (SSSR count). The summed E-state index contributed by atoms with van der Waals surface area (Å²) in [4.78, 5) is 5.40. The van der Waals surface area contributed by atoms with Crippen molar-refractivity contribution >= 4 is 26.5 Å². The van der Waals surface area contributed by atoms with E-state index in [0.29, 0.717) is 5.13 Å². The molecule has 1 aliphatic carbocycles. The minimum atomic E-state index is -3.55. The van der Waals surface area contributed by atoms with E-state index in [4.69, 9.17) is 5.26 Å². The fourth-order valence-electron chi connectivity index (χ4n) is 1.65. The standard InChI is InChI=1S/C9H11N3O2S2/c10-5-6-16(13,14)12-9-11-7-3-1-2-4-8(7)15-9/h1-4,6H2,(H,11,12). The third-order valence-corrected chi connectivity index (χ3v) is 4.56. The number of aromatic nitrogens is 1. The van der Waals surface area contributed by atoms with Crippen molar-refractivity contribution in [2.75, 3.05) is 10.5 Å². The van der Waals surface area contributed by atoms with Crippen molar-refractivity contribution in [1.82, 2.24) is 4.98 Å². The number of thiazole rings is 1. The highest BCUT2D eigenvalue weighted by molar-refractivity contribution is 7.93. The first-order chi connectivity index (χ1) is 7.61. The van der Waals surface area contributed by atoms with E-state index >= 15 is 0 Å². The van der Waals surface area contributed by atoms with Gasteiger partial charge < -0.3 is 0 Å². The van der Waals surface area contributed by atoms with Crippen molar-refractivity contribution in [3.8, 4) is 6.07 Å². The Morgan fingerprint density at radius 3 is 2.88 bits per heavy atom. The molecular formula is C9H11N3O2S2. The summed E-state index contributed by atoms with van der Waals surface area (Å²) >= 11 is 1.38. The van der Waals surface area contributed by atoms with Gasteiger partial charge in [-0.3, -0.25) is 4.72 Å². The molecule has 0 amide bonds. The summed E-state index contributed by atoms with van der Waals surface area (Å²) in [6.45, 7) is 0. The van der Waals surface area contributed by atoms with Gasteiger partial charge in [0.15, 0.2) is 10.9 Å². The van der Waals surface area contributed by atoms with E-state index in [-0.39, 0.29) is 0 Å². The van der Waals surface area contributed by atoms with Crippen molar-refractivity contribution in [3.05, 3.63) is 10.6 Å². The molecule has 0 atom stereocenters. The molecule has 7 heteroatoms. The summed E-state index contributed by atoms with van der Waals surface area (Å²) in [5.41, 5.74) is 1.01. The molecule has 0 fully saturated rings. The molecule has 1 aromatic heterocycles. The van der Waals surface area contributed by atoms with E-state index in [1.807, 2.05) is 0 Å². The van der Waals surface area contributed by atoms with E-state index in [2.05, 4.69) is 9.71 Å². The summed E-state index contributed by atoms with van der Waals surface area (Å²) in [7, 11) is -3.55. The Kier molecular flexibility index (Phi) is 3.12. The molecule has 0 aromatic carbocycles. The monoisotopic (exact) mass is 257 g/mol. The molecule has 0 unspecified atom stereocenters. The van der Waals surface area contributed by atoms with Gasteiger partial charge in [0.05, 0.1) is 11.8 Å². The SMILES string of the molecule is N#CCS(=O)(=O)Nc1nc2c(s1)CCCC2. The molecule has 5 nitrogen and oxygen atoms in total. The van der Waals surface area contributed by atoms with Gasteiger partial charge in [-0.25, -0.2) is 13.4 Å². The maximum Gasteiger partial charge on any atom is 0.247 e. The van der Waals surface area contributed by atoms with Crippen molar-refractivity contribution in [2.24, 2.45) is 0 Å². The first-order valence-electron chi connectivity index (χ1n) is 4.97. The first kappa shape index (κ1) is 11.4. The minimum absolute atomic E-state index is 0.391. The topological polar surface area (TPSA) is 82.8 Å². The van der Waals surface area contributed by atoms with Gasteiger partial charge in [-0.05, 0) is 25.7 Å². The van der Waals surface area contributed by atoms with Gasteiger partial charge in [0.2, 0.25) is 10.0 Å². The molecule has 16 heavy (non-hydrogen) atoms. The van der Waals surface area contributed by atoms with E-state index in [1.165, 1.54) is 16.2 Å². The molecule has 0 spiro atoms. The summed E-state index contributed by atoms with van der Waals surface area (Å²) in [6, 6.07) is 1.62. The Morgan fingerprint density at radius 1 is 1.44 bits per heavy atom. The van der Waals surface area contributed by atoms with E-state index in [0.717, 1.165) is 31.4 Å². The fourth-order valence-corrected chi connectivity index (χ4v) is 3.65. The number of nitriles is 1. The van der Waals surface area contributed by atoms with Crippen LogP contribution in [-0.4, -0.2) is 19.2 Å². The van der Waals surface area contributed by atoms with Crippen LogP contribution in [0.1, 0.15) is 23.4 Å². The van der Waals surface area contributed by atoms with Gasteiger partial charge in [0.25, 0.3) is 0 Å². The maximum absolute atomic E-state index is 11.3. The van der Waals surface area contributed by atoms with Crippen LogP contribution in [0.4, 0.5) is 5.13 Å². The van der Waals surface area contributed by atoms with Gasteiger partial charge in [-0.15, -0.1) is 11.3 Å². The smallest absolute Gasteiger partial charge is 0.247 e. The third-order valence-electron chi connectivity index (χ3n) is 2.34. The fraction of sp³-hybridized carbons (Fsp3) is 0.556. The van der Waals surface area contributed by atoms with Gasteiger partial charge >= 0.3 is 0 Å². The quantitative estimate of drug-likeness (QED) is 0.884. The van der Waals surface area contributed by atoms with Gasteiger partial charge in [-0.1, -0.05) is 0 Å². The average molecular weight is 257 g/mol. The third kappa shape index (κ3) is 2.51. The molecule has 0 saturated carbocycles. The lowest BCUT2D eigenvalue weighted by atomic mass is 10.0. The number of nitrogens with zero attached hydrogens (tertiary/aromatic N) is 2. The minimum Gasteiger partial charge on any atom is -0.258 e. The van der Waals surface area contributed by atoms with Gasteiger partial charge in [0.1, 0.15) is 0 Å². The van der Waals surface area contributed by atoms with Gasteiger partial charge in [0, 0.05) is 4.88 Å². The molecule has 1 aromatic rings. The Labute approximate surface area is 98.2 Å². The second kappa shape index (κ2) is 4.39. The Hall–Kier alpha value is -1.13. The van der Waals surface area contributed by atoms with Crippen LogP contribution in [0, 0.1) is 11.3 Å². The van der Waals surface area contributed by atoms with Crippen LogP contribution in [-0.2, 0) is 22.9 Å². The number of sulfonamides is 1. The number of aryl methyl sites for hydroxylation is 2. The van der Waals surface area contributed by atoms with Crippen molar-refractivity contribution < 1.29 is 8.42 Å². The molecule has 1 aliphatic rings. The zero-order chi connectivity index (χ0) is 11.6. The first-order valence-corrected chi connectivity index (χ1v) is 7.43. The highest BCUT2D eigenvalue weighted by atomic mass is 32.2. The summed E-state index contributed by atoms with van der Waals surface area (Å²) < 4.78 is 25.0. The van der Waals surface area contributed by atoms with Crippen LogP contribution in [0.2, 0.25) is 0 Å². The van der Waals surface area contributed by atoms with Crippen molar-refractivity contribution in [2.45, 2.75) is 25.7 Å². The summed E-state index contributed by atoms with van der Waals surface area (Å²) in [6.07, 6.45) is 4.15. The molecular weight excluding hydrogens is 246 g/mol. The number of rotatable bonds is 3. The molecule has 0 radical (unpaired) electrons. The molecule has 1 heterocycles.